The summed E-state index contributed by atoms with van der Waals surface area (Å²) in [5.74, 6) is 0.710. The van der Waals surface area contributed by atoms with Crippen molar-refractivity contribution >= 4 is 28.6 Å². The van der Waals surface area contributed by atoms with Gasteiger partial charge in [0.1, 0.15) is 0 Å². The zero-order valence-electron chi connectivity index (χ0n) is 6.05. The van der Waals surface area contributed by atoms with E-state index >= 15 is 0 Å². The average Bonchev–Trinajstić information content (AvgIpc) is 2.03. The number of halogens is 1. The first kappa shape index (κ1) is 9.10. The summed E-state index contributed by atoms with van der Waals surface area (Å²) in [6, 6.07) is 8.16. The van der Waals surface area contributed by atoms with Gasteiger partial charge in [-0.05, 0) is 11.6 Å². The second-order valence-corrected chi connectivity index (χ2v) is 3.35. The van der Waals surface area contributed by atoms with Gasteiger partial charge in [-0.3, -0.25) is 0 Å². The summed E-state index contributed by atoms with van der Waals surface area (Å²) in [4.78, 5) is 0. The molecule has 0 bridgehead atoms. The van der Waals surface area contributed by atoms with Crippen LogP contribution in [0.3, 0.4) is 0 Å². The maximum Gasteiger partial charge on any atom is 0.0390 e. The van der Waals surface area contributed by atoms with Crippen LogP contribution < -0.4 is 5.32 Å². The molecule has 0 spiro atoms. The lowest BCUT2D eigenvalue weighted by atomic mass is 10.2. The molecule has 11 heavy (non-hydrogen) atoms. The Balaban J connectivity index is 2.62. The Morgan fingerprint density at radius 2 is 2.09 bits per heavy atom. The van der Waals surface area contributed by atoms with Crippen LogP contribution in [-0.2, 0) is 6.54 Å². The van der Waals surface area contributed by atoms with E-state index in [2.05, 4.69) is 39.9 Å². The molecule has 0 heterocycles. The van der Waals surface area contributed by atoms with Gasteiger partial charge in [0.2, 0.25) is 0 Å². The Labute approximate surface area is 80.7 Å². The molecule has 0 atom stereocenters. The minimum Gasteiger partial charge on any atom is -0.304 e. The number of hydrogen-bond donors (Lipinski definition) is 2. The van der Waals surface area contributed by atoms with Crippen molar-refractivity contribution in [3.8, 4) is 0 Å². The normalized spacial score (nSPS) is 10.0. The Morgan fingerprint density at radius 3 is 2.73 bits per heavy atom. The first-order valence-corrected chi connectivity index (χ1v) is 4.82. The molecule has 0 unspecified atom stereocenters. The van der Waals surface area contributed by atoms with Gasteiger partial charge in [0.25, 0.3) is 0 Å². The highest BCUT2D eigenvalue weighted by Gasteiger charge is 1.94. The Hall–Kier alpha value is 0.01000. The third-order valence-electron chi connectivity index (χ3n) is 1.39. The molecule has 0 saturated carbocycles. The van der Waals surface area contributed by atoms with E-state index in [-0.39, 0.29) is 0 Å². The van der Waals surface area contributed by atoms with Gasteiger partial charge < -0.3 is 5.32 Å². The lowest BCUT2D eigenvalue weighted by Gasteiger charge is -2.02. The van der Waals surface area contributed by atoms with Crippen molar-refractivity contribution in [2.24, 2.45) is 0 Å². The molecule has 0 saturated heterocycles. The molecular formula is C8H10BrNS. The second-order valence-electron chi connectivity index (χ2n) is 2.18. The molecule has 0 aliphatic rings. The smallest absolute Gasteiger partial charge is 0.0390 e. The zero-order chi connectivity index (χ0) is 8.10. The van der Waals surface area contributed by atoms with Gasteiger partial charge >= 0.3 is 0 Å². The highest BCUT2D eigenvalue weighted by Crippen LogP contribution is 2.14. The minimum absolute atomic E-state index is 0.710. The summed E-state index contributed by atoms with van der Waals surface area (Å²) in [6.07, 6.45) is 0. The van der Waals surface area contributed by atoms with Gasteiger partial charge in [-0.25, -0.2) is 0 Å². The average molecular weight is 232 g/mol. The molecule has 0 fully saturated rings. The molecule has 0 aliphatic heterocycles. The number of nitrogens with one attached hydrogen (secondary N) is 1. The van der Waals surface area contributed by atoms with Crippen LogP contribution in [0.15, 0.2) is 28.7 Å². The van der Waals surface area contributed by atoms with Gasteiger partial charge in [0.05, 0.1) is 0 Å². The fourth-order valence-corrected chi connectivity index (χ4v) is 1.37. The van der Waals surface area contributed by atoms with Crippen LogP contribution >= 0.6 is 28.6 Å². The first-order chi connectivity index (χ1) is 5.34. The number of hydrogen-bond acceptors (Lipinski definition) is 2. The van der Waals surface area contributed by atoms with Crippen molar-refractivity contribution in [2.45, 2.75) is 6.54 Å². The fourth-order valence-electron chi connectivity index (χ4n) is 0.832. The predicted molar refractivity (Wildman–Crippen MR) is 54.8 cm³/mol. The zero-order valence-corrected chi connectivity index (χ0v) is 8.53. The summed E-state index contributed by atoms with van der Waals surface area (Å²) in [6.45, 7) is 0.866. The van der Waals surface area contributed by atoms with Gasteiger partial charge in [0.15, 0.2) is 0 Å². The van der Waals surface area contributed by atoms with Gasteiger partial charge in [-0.2, -0.15) is 12.6 Å². The van der Waals surface area contributed by atoms with Crippen molar-refractivity contribution in [3.05, 3.63) is 34.3 Å². The highest BCUT2D eigenvalue weighted by molar-refractivity contribution is 9.10. The van der Waals surface area contributed by atoms with Crippen LogP contribution in [-0.4, -0.2) is 5.88 Å². The molecular weight excluding hydrogens is 222 g/mol. The maximum atomic E-state index is 4.06. The van der Waals surface area contributed by atoms with Crippen molar-refractivity contribution < 1.29 is 0 Å². The molecule has 0 radical (unpaired) electrons. The Kier molecular flexibility index (Phi) is 3.97. The highest BCUT2D eigenvalue weighted by atomic mass is 79.9. The molecule has 3 heteroatoms. The van der Waals surface area contributed by atoms with E-state index in [1.54, 1.807) is 0 Å². The molecule has 1 nitrogen and oxygen atoms in total. The van der Waals surface area contributed by atoms with E-state index in [0.717, 1.165) is 11.0 Å². The monoisotopic (exact) mass is 231 g/mol. The predicted octanol–water partition coefficient (Wildman–Crippen LogP) is 2.43. The summed E-state index contributed by atoms with van der Waals surface area (Å²) in [7, 11) is 0. The van der Waals surface area contributed by atoms with Gasteiger partial charge in [-0.1, -0.05) is 34.1 Å². The Bertz CT molecular complexity index is 227. The molecule has 1 rings (SSSR count). The topological polar surface area (TPSA) is 12.0 Å². The first-order valence-electron chi connectivity index (χ1n) is 3.39. The molecule has 1 aromatic rings. The molecule has 60 valence electrons. The van der Waals surface area contributed by atoms with E-state index in [9.17, 15) is 0 Å². The summed E-state index contributed by atoms with van der Waals surface area (Å²) < 4.78 is 1.15. The SMILES string of the molecule is SCNCc1ccccc1Br. The quantitative estimate of drug-likeness (QED) is 0.602. The Morgan fingerprint density at radius 1 is 1.36 bits per heavy atom. The standard InChI is InChI=1S/C8H10BrNS/c9-8-4-2-1-3-7(8)5-10-6-11/h1-4,10-11H,5-6H2. The van der Waals surface area contributed by atoms with Crippen molar-refractivity contribution in [1.29, 1.82) is 0 Å². The van der Waals surface area contributed by atoms with Gasteiger partial charge in [-0.15, -0.1) is 0 Å². The van der Waals surface area contributed by atoms with Crippen LogP contribution in [0.1, 0.15) is 5.56 Å². The van der Waals surface area contributed by atoms with Crippen LogP contribution in [0.5, 0.6) is 0 Å². The van der Waals surface area contributed by atoms with Crippen molar-refractivity contribution in [1.82, 2.24) is 5.32 Å². The van der Waals surface area contributed by atoms with Crippen LogP contribution in [0.4, 0.5) is 0 Å². The van der Waals surface area contributed by atoms with Crippen LogP contribution in [0.2, 0.25) is 0 Å². The van der Waals surface area contributed by atoms with Crippen LogP contribution in [0.25, 0.3) is 0 Å². The molecule has 0 amide bonds. The van der Waals surface area contributed by atoms with E-state index in [4.69, 9.17) is 0 Å². The van der Waals surface area contributed by atoms with Crippen LogP contribution in [0, 0.1) is 0 Å². The van der Waals surface area contributed by atoms with E-state index in [1.807, 2.05) is 18.2 Å². The second kappa shape index (κ2) is 4.80. The molecule has 0 aliphatic carbocycles. The largest absolute Gasteiger partial charge is 0.304 e. The summed E-state index contributed by atoms with van der Waals surface area (Å²) in [5.41, 5.74) is 1.27. The van der Waals surface area contributed by atoms with E-state index in [1.165, 1.54) is 5.56 Å². The minimum atomic E-state index is 0.710. The lowest BCUT2D eigenvalue weighted by molar-refractivity contribution is 0.795. The number of rotatable bonds is 3. The van der Waals surface area contributed by atoms with Crippen molar-refractivity contribution in [3.63, 3.8) is 0 Å². The van der Waals surface area contributed by atoms with Gasteiger partial charge in [0, 0.05) is 16.9 Å². The summed E-state index contributed by atoms with van der Waals surface area (Å²) >= 11 is 7.52. The number of benzene rings is 1. The summed E-state index contributed by atoms with van der Waals surface area (Å²) in [5, 5.41) is 3.14. The van der Waals surface area contributed by atoms with E-state index in [0.29, 0.717) is 5.88 Å². The third-order valence-corrected chi connectivity index (χ3v) is 2.38. The molecule has 0 aromatic heterocycles. The molecule has 1 aromatic carbocycles. The molecule has 1 N–H and O–H groups in total. The maximum absolute atomic E-state index is 4.06. The lowest BCUT2D eigenvalue weighted by Crippen LogP contribution is -2.10. The fraction of sp³-hybridized carbons (Fsp3) is 0.250. The van der Waals surface area contributed by atoms with E-state index < -0.39 is 0 Å². The van der Waals surface area contributed by atoms with Crippen molar-refractivity contribution in [2.75, 3.05) is 5.88 Å². The third kappa shape index (κ3) is 2.85. The number of thiol groups is 1.